The first-order valence-electron chi connectivity index (χ1n) is 4.74. The van der Waals surface area contributed by atoms with Gasteiger partial charge in [-0.05, 0) is 39.9 Å². The minimum absolute atomic E-state index is 0.594. The predicted octanol–water partition coefficient (Wildman–Crippen LogP) is 0.323. The number of aliphatic carboxylic acids is 1. The quantitative estimate of drug-likeness (QED) is 0.440. The minimum Gasteiger partial charge on any atom is -0.480 e. The number of rotatable bonds is 8. The Morgan fingerprint density at radius 1 is 1.50 bits per heavy atom. The zero-order valence-corrected chi connectivity index (χ0v) is 9.12. The van der Waals surface area contributed by atoms with E-state index in [0.29, 0.717) is 6.42 Å². The first-order chi connectivity index (χ1) is 6.57. The van der Waals surface area contributed by atoms with Gasteiger partial charge in [-0.1, -0.05) is 0 Å². The number of nitrogens with one attached hydrogen (secondary N) is 1. The smallest absolute Gasteiger partial charge is 0.323 e. The fourth-order valence-corrected chi connectivity index (χ4v) is 1.15. The van der Waals surface area contributed by atoms with Gasteiger partial charge in [-0.15, -0.1) is 0 Å². The van der Waals surface area contributed by atoms with Gasteiger partial charge in [0.2, 0.25) is 0 Å². The molecule has 0 spiro atoms. The molecule has 0 aliphatic rings. The Kier molecular flexibility index (Phi) is 7.37. The number of carboxylic acids is 1. The van der Waals surface area contributed by atoms with Gasteiger partial charge in [0.1, 0.15) is 6.04 Å². The lowest BCUT2D eigenvalue weighted by Gasteiger charge is -2.13. The summed E-state index contributed by atoms with van der Waals surface area (Å²) < 4.78 is 0. The largest absolute Gasteiger partial charge is 0.480 e. The number of carboxylic acid groups (broad SMARTS) is 1. The van der Waals surface area contributed by atoms with Gasteiger partial charge in [0.05, 0.1) is 7.11 Å². The number of hydrogen-bond acceptors (Lipinski definition) is 4. The zero-order chi connectivity index (χ0) is 11.0. The first-order valence-corrected chi connectivity index (χ1v) is 4.74. The molecule has 0 aromatic carbocycles. The molecule has 84 valence electrons. The van der Waals surface area contributed by atoms with Crippen molar-refractivity contribution in [3.63, 3.8) is 0 Å². The normalized spacial score (nSPS) is 13.1. The van der Waals surface area contributed by atoms with Crippen molar-refractivity contribution in [1.29, 1.82) is 0 Å². The van der Waals surface area contributed by atoms with Crippen LogP contribution in [0.4, 0.5) is 0 Å². The number of hydroxylamine groups is 1. The van der Waals surface area contributed by atoms with Crippen molar-refractivity contribution in [1.82, 2.24) is 10.4 Å². The first kappa shape index (κ1) is 13.4. The predicted molar refractivity (Wildman–Crippen MR) is 54.0 cm³/mol. The lowest BCUT2D eigenvalue weighted by Crippen LogP contribution is -2.35. The Hall–Kier alpha value is -0.650. The fourth-order valence-electron chi connectivity index (χ4n) is 1.15. The molecule has 5 nitrogen and oxygen atoms in total. The monoisotopic (exact) mass is 204 g/mol. The highest BCUT2D eigenvalue weighted by atomic mass is 16.6. The lowest BCUT2D eigenvalue weighted by atomic mass is 10.1. The van der Waals surface area contributed by atoms with Gasteiger partial charge in [-0.3, -0.25) is 4.79 Å². The third kappa shape index (κ3) is 6.82. The molecular weight excluding hydrogens is 184 g/mol. The number of hydrogen-bond donors (Lipinski definition) is 2. The molecule has 0 bridgehead atoms. The topological polar surface area (TPSA) is 61.8 Å². The molecule has 0 saturated carbocycles. The molecule has 0 fully saturated rings. The molecule has 0 aromatic rings. The average Bonchev–Trinajstić information content (AvgIpc) is 2.09. The fraction of sp³-hybridized carbons (Fsp3) is 0.889. The van der Waals surface area contributed by atoms with E-state index in [1.165, 1.54) is 7.11 Å². The van der Waals surface area contributed by atoms with Crippen molar-refractivity contribution in [2.75, 3.05) is 27.7 Å². The molecule has 0 rings (SSSR count). The van der Waals surface area contributed by atoms with Crippen LogP contribution in [0.1, 0.15) is 19.3 Å². The third-order valence-corrected chi connectivity index (χ3v) is 1.91. The van der Waals surface area contributed by atoms with Crippen LogP contribution in [0.15, 0.2) is 0 Å². The molecular formula is C9H20N2O3. The van der Waals surface area contributed by atoms with E-state index in [4.69, 9.17) is 5.11 Å². The summed E-state index contributed by atoms with van der Waals surface area (Å²) in [6.07, 6.45) is 2.48. The summed E-state index contributed by atoms with van der Waals surface area (Å²) in [5.41, 5.74) is 2.46. The highest BCUT2D eigenvalue weighted by molar-refractivity contribution is 5.73. The Bertz CT molecular complexity index is 162. The highest BCUT2D eigenvalue weighted by Crippen LogP contribution is 2.01. The molecule has 2 N–H and O–H groups in total. The van der Waals surface area contributed by atoms with E-state index in [-0.39, 0.29) is 0 Å². The summed E-state index contributed by atoms with van der Waals surface area (Å²) in [5.74, 6) is -0.864. The highest BCUT2D eigenvalue weighted by Gasteiger charge is 2.15. The molecule has 0 amide bonds. The molecule has 0 aliphatic carbocycles. The maximum Gasteiger partial charge on any atom is 0.323 e. The van der Waals surface area contributed by atoms with Crippen molar-refractivity contribution in [2.24, 2.45) is 0 Å². The van der Waals surface area contributed by atoms with Crippen LogP contribution in [0.5, 0.6) is 0 Å². The maximum absolute atomic E-state index is 10.7. The van der Waals surface area contributed by atoms with Gasteiger partial charge < -0.3 is 14.8 Å². The van der Waals surface area contributed by atoms with E-state index in [0.717, 1.165) is 19.4 Å². The van der Waals surface area contributed by atoms with E-state index in [1.807, 2.05) is 14.1 Å². The van der Waals surface area contributed by atoms with Gasteiger partial charge in [0.25, 0.3) is 0 Å². The molecule has 14 heavy (non-hydrogen) atoms. The number of unbranched alkanes of at least 4 members (excludes halogenated alkanes) is 1. The van der Waals surface area contributed by atoms with E-state index in [1.54, 1.807) is 0 Å². The van der Waals surface area contributed by atoms with Crippen LogP contribution >= 0.6 is 0 Å². The van der Waals surface area contributed by atoms with Crippen molar-refractivity contribution in [3.05, 3.63) is 0 Å². The Morgan fingerprint density at radius 3 is 2.57 bits per heavy atom. The molecule has 0 radical (unpaired) electrons. The van der Waals surface area contributed by atoms with Crippen molar-refractivity contribution in [2.45, 2.75) is 25.3 Å². The Morgan fingerprint density at radius 2 is 2.14 bits per heavy atom. The molecule has 0 unspecified atom stereocenters. The summed E-state index contributed by atoms with van der Waals surface area (Å²) in [5, 5.41) is 8.76. The standard InChI is InChI=1S/C9H20N2O3/c1-11(2)7-5-4-6-8(9(12)13)10-14-3/h8,10H,4-7H2,1-3H3,(H,12,13)/t8-/m0/s1. The maximum atomic E-state index is 10.7. The van der Waals surface area contributed by atoms with E-state index >= 15 is 0 Å². The second-order valence-electron chi connectivity index (χ2n) is 3.51. The van der Waals surface area contributed by atoms with Gasteiger partial charge in [-0.25, -0.2) is 0 Å². The molecule has 0 saturated heterocycles. The summed E-state index contributed by atoms with van der Waals surface area (Å²) in [6.45, 7) is 0.985. The van der Waals surface area contributed by atoms with Crippen molar-refractivity contribution in [3.8, 4) is 0 Å². The van der Waals surface area contributed by atoms with Gasteiger partial charge in [-0.2, -0.15) is 5.48 Å². The van der Waals surface area contributed by atoms with Crippen LogP contribution in [0.25, 0.3) is 0 Å². The van der Waals surface area contributed by atoms with Gasteiger partial charge in [0.15, 0.2) is 0 Å². The van der Waals surface area contributed by atoms with E-state index in [9.17, 15) is 4.79 Å². The average molecular weight is 204 g/mol. The number of nitrogens with zero attached hydrogens (tertiary/aromatic N) is 1. The molecule has 5 heteroatoms. The summed E-state index contributed by atoms with van der Waals surface area (Å²) >= 11 is 0. The second-order valence-corrected chi connectivity index (χ2v) is 3.51. The SMILES string of the molecule is CON[C@@H](CCCCN(C)C)C(=O)O. The number of carbonyl (C=O) groups is 1. The lowest BCUT2D eigenvalue weighted by molar-refractivity contribution is -0.143. The van der Waals surface area contributed by atoms with Gasteiger partial charge in [0, 0.05) is 0 Å². The second kappa shape index (κ2) is 7.73. The molecule has 0 aliphatic heterocycles. The van der Waals surface area contributed by atoms with Crippen molar-refractivity contribution >= 4 is 5.97 Å². The molecule has 0 heterocycles. The van der Waals surface area contributed by atoms with Crippen LogP contribution < -0.4 is 5.48 Å². The van der Waals surface area contributed by atoms with Gasteiger partial charge >= 0.3 is 5.97 Å². The molecule has 0 aromatic heterocycles. The minimum atomic E-state index is -0.864. The Balaban J connectivity index is 3.56. The third-order valence-electron chi connectivity index (χ3n) is 1.91. The van der Waals surface area contributed by atoms with Crippen LogP contribution in [-0.2, 0) is 9.63 Å². The van der Waals surface area contributed by atoms with E-state index in [2.05, 4.69) is 15.2 Å². The summed E-state index contributed by atoms with van der Waals surface area (Å²) in [7, 11) is 5.43. The molecule has 1 atom stereocenters. The van der Waals surface area contributed by atoms with Crippen LogP contribution in [0.2, 0.25) is 0 Å². The zero-order valence-electron chi connectivity index (χ0n) is 9.12. The summed E-state index contributed by atoms with van der Waals surface area (Å²) in [6, 6.07) is -0.595. The van der Waals surface area contributed by atoms with Crippen LogP contribution in [0, 0.1) is 0 Å². The van der Waals surface area contributed by atoms with E-state index < -0.39 is 12.0 Å². The van der Waals surface area contributed by atoms with Crippen molar-refractivity contribution < 1.29 is 14.7 Å². The Labute approximate surface area is 85.0 Å². The van der Waals surface area contributed by atoms with Crippen LogP contribution in [0.3, 0.4) is 0 Å². The van der Waals surface area contributed by atoms with Crippen LogP contribution in [-0.4, -0.2) is 49.8 Å². The summed E-state index contributed by atoms with van der Waals surface area (Å²) in [4.78, 5) is 17.3.